The standard InChI is InChI=1S/C23H24N2O3S.ClH/c1-4-28-23(27)21-16(2)17(3)29-22(21)24-20(26)15-25-12-10-19(11-13-25)14-18-8-6-5-7-9-18;/h5-13H,4,14-15H2,1-3H3;1H. The fraction of sp³-hybridized carbons (Fsp3) is 0.261. The number of hydrogen-bond donors (Lipinski definition) is 1. The van der Waals surface area contributed by atoms with Crippen LogP contribution in [-0.2, 0) is 22.5 Å². The van der Waals surface area contributed by atoms with E-state index in [1.807, 2.05) is 61.1 Å². The zero-order valence-electron chi connectivity index (χ0n) is 17.3. The first-order chi connectivity index (χ1) is 14.0. The highest BCUT2D eigenvalue weighted by molar-refractivity contribution is 7.16. The molecule has 0 unspecified atom stereocenters. The lowest BCUT2D eigenvalue weighted by molar-refractivity contribution is -0.684. The Hall–Kier alpha value is -2.70. The Labute approximate surface area is 187 Å². The molecule has 1 amide bonds. The minimum atomic E-state index is -0.400. The number of hydrogen-bond acceptors (Lipinski definition) is 4. The normalized spacial score (nSPS) is 10.2. The van der Waals surface area contributed by atoms with Crippen molar-refractivity contribution in [1.82, 2.24) is 0 Å². The van der Waals surface area contributed by atoms with Gasteiger partial charge in [0.2, 0.25) is 6.54 Å². The van der Waals surface area contributed by atoms with Gasteiger partial charge in [-0.3, -0.25) is 4.79 Å². The molecule has 1 aromatic carbocycles. The summed E-state index contributed by atoms with van der Waals surface area (Å²) in [5.41, 5.74) is 3.73. The summed E-state index contributed by atoms with van der Waals surface area (Å²) in [5, 5.41) is 3.42. The molecule has 0 fully saturated rings. The molecule has 30 heavy (non-hydrogen) atoms. The van der Waals surface area contributed by atoms with Gasteiger partial charge >= 0.3 is 5.97 Å². The van der Waals surface area contributed by atoms with E-state index in [1.54, 1.807) is 6.92 Å². The second kappa shape index (κ2) is 10.9. The quantitative estimate of drug-likeness (QED) is 0.438. The van der Waals surface area contributed by atoms with Crippen LogP contribution in [0.3, 0.4) is 0 Å². The van der Waals surface area contributed by atoms with Gasteiger partial charge in [-0.2, -0.15) is 4.57 Å². The number of halogens is 1. The summed E-state index contributed by atoms with van der Waals surface area (Å²) in [7, 11) is 0. The number of nitrogens with one attached hydrogen (secondary N) is 1. The van der Waals surface area contributed by atoms with Gasteiger partial charge in [0, 0.05) is 17.0 Å². The minimum Gasteiger partial charge on any atom is -1.00 e. The minimum absolute atomic E-state index is 0. The van der Waals surface area contributed by atoms with Gasteiger partial charge in [-0.1, -0.05) is 30.3 Å². The number of rotatable bonds is 7. The van der Waals surface area contributed by atoms with Crippen molar-refractivity contribution < 1.29 is 31.3 Å². The highest BCUT2D eigenvalue weighted by atomic mass is 35.5. The van der Waals surface area contributed by atoms with Crippen molar-refractivity contribution in [3.05, 3.63) is 82.0 Å². The highest BCUT2D eigenvalue weighted by Gasteiger charge is 2.23. The van der Waals surface area contributed by atoms with Gasteiger partial charge in [0.15, 0.2) is 12.4 Å². The van der Waals surface area contributed by atoms with E-state index in [9.17, 15) is 9.59 Å². The highest BCUT2D eigenvalue weighted by Crippen LogP contribution is 2.33. The summed E-state index contributed by atoms with van der Waals surface area (Å²) >= 11 is 1.40. The van der Waals surface area contributed by atoms with Crippen molar-refractivity contribution in [3.8, 4) is 0 Å². The predicted molar refractivity (Wildman–Crippen MR) is 114 cm³/mol. The van der Waals surface area contributed by atoms with Gasteiger partial charge in [0.05, 0.1) is 12.2 Å². The van der Waals surface area contributed by atoms with E-state index in [4.69, 9.17) is 4.74 Å². The summed E-state index contributed by atoms with van der Waals surface area (Å²) in [5.74, 6) is -0.583. The van der Waals surface area contributed by atoms with Crippen LogP contribution in [0.4, 0.5) is 5.00 Å². The molecule has 0 saturated heterocycles. The third kappa shape index (κ3) is 5.90. The van der Waals surface area contributed by atoms with Crippen LogP contribution in [-0.4, -0.2) is 18.5 Å². The van der Waals surface area contributed by atoms with E-state index in [0.29, 0.717) is 17.2 Å². The Morgan fingerprint density at radius 1 is 1.03 bits per heavy atom. The topological polar surface area (TPSA) is 59.3 Å². The Balaban J connectivity index is 0.00000320. The molecule has 2 heterocycles. The molecule has 0 saturated carbocycles. The number of amides is 1. The summed E-state index contributed by atoms with van der Waals surface area (Å²) in [6.07, 6.45) is 4.65. The Bertz CT molecular complexity index is 1000. The Kier molecular flexibility index (Phi) is 8.57. The van der Waals surface area contributed by atoms with Crippen LogP contribution in [0, 0.1) is 13.8 Å². The molecule has 7 heteroatoms. The number of aryl methyl sites for hydroxylation is 1. The summed E-state index contributed by atoms with van der Waals surface area (Å²) in [6, 6.07) is 14.3. The third-order valence-electron chi connectivity index (χ3n) is 4.66. The first-order valence-electron chi connectivity index (χ1n) is 9.56. The number of anilines is 1. The average Bonchev–Trinajstić information content (AvgIpc) is 2.97. The Morgan fingerprint density at radius 3 is 2.30 bits per heavy atom. The number of thiophene rings is 1. The molecule has 1 N–H and O–H groups in total. The van der Waals surface area contributed by atoms with Crippen molar-refractivity contribution in [2.45, 2.75) is 33.7 Å². The predicted octanol–water partition coefficient (Wildman–Crippen LogP) is 1.06. The SMILES string of the molecule is CCOC(=O)c1c(NC(=O)C[n+]2ccc(Cc3ccccc3)cc2)sc(C)c1C.[Cl-]. The number of pyridine rings is 1. The molecule has 0 radical (unpaired) electrons. The molecule has 0 aliphatic heterocycles. The molecule has 3 rings (SSSR count). The van der Waals surface area contributed by atoms with Gasteiger partial charge < -0.3 is 22.5 Å². The smallest absolute Gasteiger partial charge is 0.341 e. The molecular weight excluding hydrogens is 420 g/mol. The van der Waals surface area contributed by atoms with Crippen LogP contribution in [0.2, 0.25) is 0 Å². The number of benzene rings is 1. The van der Waals surface area contributed by atoms with Crippen LogP contribution in [0.25, 0.3) is 0 Å². The van der Waals surface area contributed by atoms with Crippen LogP contribution in [0.1, 0.15) is 38.8 Å². The van der Waals surface area contributed by atoms with Crippen molar-refractivity contribution in [2.75, 3.05) is 11.9 Å². The van der Waals surface area contributed by atoms with Crippen LogP contribution >= 0.6 is 11.3 Å². The second-order valence-electron chi connectivity index (χ2n) is 6.80. The molecule has 0 spiro atoms. The molecule has 5 nitrogen and oxygen atoms in total. The van der Waals surface area contributed by atoms with E-state index >= 15 is 0 Å². The van der Waals surface area contributed by atoms with E-state index in [2.05, 4.69) is 17.4 Å². The zero-order valence-corrected chi connectivity index (χ0v) is 18.8. The van der Waals surface area contributed by atoms with Gasteiger partial charge in [0.25, 0.3) is 5.91 Å². The van der Waals surface area contributed by atoms with Gasteiger partial charge in [-0.05, 0) is 43.9 Å². The average molecular weight is 445 g/mol. The third-order valence-corrected chi connectivity index (χ3v) is 5.78. The zero-order chi connectivity index (χ0) is 20.8. The molecular formula is C23H25ClN2O3S. The lowest BCUT2D eigenvalue weighted by Gasteiger charge is -2.06. The van der Waals surface area contributed by atoms with Gasteiger partial charge in [-0.25, -0.2) is 4.79 Å². The number of aromatic nitrogens is 1. The van der Waals surface area contributed by atoms with Crippen molar-refractivity contribution >= 4 is 28.2 Å². The molecule has 3 aromatic rings. The van der Waals surface area contributed by atoms with E-state index < -0.39 is 5.97 Å². The number of esters is 1. The van der Waals surface area contributed by atoms with Gasteiger partial charge in [-0.15, -0.1) is 11.3 Å². The van der Waals surface area contributed by atoms with Crippen LogP contribution < -0.4 is 22.3 Å². The monoisotopic (exact) mass is 444 g/mol. The molecule has 0 aliphatic carbocycles. The molecule has 2 aromatic heterocycles. The van der Waals surface area contributed by atoms with E-state index in [0.717, 1.165) is 16.9 Å². The summed E-state index contributed by atoms with van der Waals surface area (Å²) in [6.45, 7) is 6.03. The fourth-order valence-electron chi connectivity index (χ4n) is 3.04. The summed E-state index contributed by atoms with van der Waals surface area (Å²) < 4.78 is 6.96. The maximum atomic E-state index is 12.5. The maximum absolute atomic E-state index is 12.5. The lowest BCUT2D eigenvalue weighted by atomic mass is 10.1. The number of carbonyl (C=O) groups excluding carboxylic acids is 2. The molecule has 0 bridgehead atoms. The van der Waals surface area contributed by atoms with Crippen LogP contribution in [0.15, 0.2) is 54.9 Å². The number of nitrogens with zero attached hydrogens (tertiary/aromatic N) is 1. The van der Waals surface area contributed by atoms with Gasteiger partial charge in [0.1, 0.15) is 5.00 Å². The van der Waals surface area contributed by atoms with Crippen molar-refractivity contribution in [1.29, 1.82) is 0 Å². The first kappa shape index (κ1) is 23.6. The second-order valence-corrected chi connectivity index (χ2v) is 8.02. The van der Waals surface area contributed by atoms with Crippen molar-refractivity contribution in [2.24, 2.45) is 0 Å². The van der Waals surface area contributed by atoms with E-state index in [1.165, 1.54) is 22.5 Å². The number of carbonyl (C=O) groups is 2. The van der Waals surface area contributed by atoms with E-state index in [-0.39, 0.29) is 24.9 Å². The van der Waals surface area contributed by atoms with Crippen LogP contribution in [0.5, 0.6) is 0 Å². The largest absolute Gasteiger partial charge is 1.00 e. The Morgan fingerprint density at radius 2 is 1.67 bits per heavy atom. The maximum Gasteiger partial charge on any atom is 0.341 e. The van der Waals surface area contributed by atoms with Crippen molar-refractivity contribution in [3.63, 3.8) is 0 Å². The number of ether oxygens (including phenoxy) is 1. The molecule has 0 aliphatic rings. The summed E-state index contributed by atoms with van der Waals surface area (Å²) in [4.78, 5) is 25.8. The molecule has 0 atom stereocenters. The lowest BCUT2D eigenvalue weighted by Crippen LogP contribution is -3.00. The fourth-order valence-corrected chi connectivity index (χ4v) is 4.10. The molecule has 158 valence electrons. The first-order valence-corrected chi connectivity index (χ1v) is 10.4.